The molecule has 2 heterocycles. The highest BCUT2D eigenvalue weighted by atomic mass is 19.4. The van der Waals surface area contributed by atoms with E-state index in [-0.39, 0.29) is 17.8 Å². The Kier molecular flexibility index (Phi) is 5.10. The van der Waals surface area contributed by atoms with Gasteiger partial charge in [-0.1, -0.05) is 0 Å². The van der Waals surface area contributed by atoms with Gasteiger partial charge in [0.25, 0.3) is 5.91 Å². The molecule has 0 atom stereocenters. The lowest BCUT2D eigenvalue weighted by Gasteiger charge is -2.32. The van der Waals surface area contributed by atoms with Gasteiger partial charge in [-0.15, -0.1) is 0 Å². The third-order valence-electron chi connectivity index (χ3n) is 5.40. The zero-order valence-electron chi connectivity index (χ0n) is 15.6. The lowest BCUT2D eigenvalue weighted by atomic mass is 9.93. The number of aryl methyl sites for hydroxylation is 1. The molecule has 0 N–H and O–H groups in total. The molecule has 2 aliphatic rings. The van der Waals surface area contributed by atoms with Crippen molar-refractivity contribution in [2.24, 2.45) is 0 Å². The number of carbonyl (C=O) groups is 2. The van der Waals surface area contributed by atoms with Crippen molar-refractivity contribution >= 4 is 11.7 Å². The number of piperidine rings is 1. The monoisotopic (exact) mass is 407 g/mol. The molecule has 5 nitrogen and oxygen atoms in total. The normalized spacial score (nSPS) is 17.9. The number of halogens is 3. The number of fused-ring (bicyclic) bond motifs is 1. The molecule has 0 bridgehead atoms. The molecule has 1 aliphatic heterocycles. The molecule has 1 aliphatic carbocycles. The van der Waals surface area contributed by atoms with Gasteiger partial charge in [-0.25, -0.2) is 0 Å². The highest BCUT2D eigenvalue weighted by molar-refractivity contribution is 6.09. The Labute approximate surface area is 165 Å². The lowest BCUT2D eigenvalue weighted by Crippen LogP contribution is -2.42. The Balaban J connectivity index is 1.36. The number of ether oxygens (including phenoxy) is 1. The summed E-state index contributed by atoms with van der Waals surface area (Å²) in [6.07, 6.45) is -0.247. The molecule has 4 rings (SSSR count). The van der Waals surface area contributed by atoms with Crippen LogP contribution in [-0.4, -0.2) is 35.8 Å². The second-order valence-corrected chi connectivity index (χ2v) is 7.36. The summed E-state index contributed by atoms with van der Waals surface area (Å²) in [5.74, 6) is 0.685. The quantitative estimate of drug-likeness (QED) is 0.752. The van der Waals surface area contributed by atoms with E-state index in [1.54, 1.807) is 4.90 Å². The standard InChI is InChI=1S/C21H20F3NO4/c22-21(23,24)13-4-6-14(7-5-13)29-15-8-10-25(11-9-15)20(27)16-12-28-18-3-1-2-17(26)19(16)18/h4-7,12,15H,1-3,8-11H2. The smallest absolute Gasteiger partial charge is 0.416 e. The Morgan fingerprint density at radius 1 is 1.10 bits per heavy atom. The van der Waals surface area contributed by atoms with Crippen LogP contribution in [-0.2, 0) is 12.6 Å². The van der Waals surface area contributed by atoms with Gasteiger partial charge >= 0.3 is 6.18 Å². The minimum atomic E-state index is -4.38. The molecular formula is C21H20F3NO4. The largest absolute Gasteiger partial charge is 0.490 e. The predicted octanol–water partition coefficient (Wildman–Crippen LogP) is 4.50. The van der Waals surface area contributed by atoms with Crippen LogP contribution in [0.15, 0.2) is 34.9 Å². The lowest BCUT2D eigenvalue weighted by molar-refractivity contribution is -0.137. The van der Waals surface area contributed by atoms with Gasteiger partial charge in [-0.05, 0) is 30.7 Å². The average Bonchev–Trinajstić information content (AvgIpc) is 3.13. The predicted molar refractivity (Wildman–Crippen MR) is 97.0 cm³/mol. The van der Waals surface area contributed by atoms with Crippen molar-refractivity contribution in [3.63, 3.8) is 0 Å². The Bertz CT molecular complexity index is 909. The van der Waals surface area contributed by atoms with Gasteiger partial charge in [0.2, 0.25) is 0 Å². The summed E-state index contributed by atoms with van der Waals surface area (Å²) >= 11 is 0. The summed E-state index contributed by atoms with van der Waals surface area (Å²) in [6, 6.07) is 4.60. The number of rotatable bonds is 3. The first kappa shape index (κ1) is 19.5. The Morgan fingerprint density at radius 3 is 2.45 bits per heavy atom. The van der Waals surface area contributed by atoms with Crippen LogP contribution in [0.4, 0.5) is 13.2 Å². The number of amides is 1. The van der Waals surface area contributed by atoms with Gasteiger partial charge in [0.15, 0.2) is 5.78 Å². The summed E-state index contributed by atoms with van der Waals surface area (Å²) in [4.78, 5) is 26.7. The second kappa shape index (κ2) is 7.57. The fourth-order valence-electron chi connectivity index (χ4n) is 3.84. The zero-order valence-corrected chi connectivity index (χ0v) is 15.6. The summed E-state index contributed by atoms with van der Waals surface area (Å²) in [7, 11) is 0. The van der Waals surface area contributed by atoms with Crippen LogP contribution in [0.1, 0.15) is 57.7 Å². The Hall–Kier alpha value is -2.77. The van der Waals surface area contributed by atoms with Crippen molar-refractivity contribution in [1.82, 2.24) is 4.90 Å². The number of nitrogens with zero attached hydrogens (tertiary/aromatic N) is 1. The summed E-state index contributed by atoms with van der Waals surface area (Å²) < 4.78 is 49.1. The van der Waals surface area contributed by atoms with Crippen LogP contribution in [0.2, 0.25) is 0 Å². The van der Waals surface area contributed by atoms with Crippen molar-refractivity contribution in [2.45, 2.75) is 44.4 Å². The van der Waals surface area contributed by atoms with E-state index in [1.165, 1.54) is 18.4 Å². The van der Waals surface area contributed by atoms with Crippen LogP contribution in [0.3, 0.4) is 0 Å². The number of benzene rings is 1. The molecule has 0 unspecified atom stereocenters. The van der Waals surface area contributed by atoms with Gasteiger partial charge in [-0.3, -0.25) is 9.59 Å². The summed E-state index contributed by atoms with van der Waals surface area (Å²) in [5.41, 5.74) is 0.0273. The molecule has 1 aromatic heterocycles. The van der Waals surface area contributed by atoms with Gasteiger partial charge in [0.05, 0.1) is 16.7 Å². The first-order chi connectivity index (χ1) is 13.8. The second-order valence-electron chi connectivity index (χ2n) is 7.36. The van der Waals surface area contributed by atoms with E-state index in [1.807, 2.05) is 0 Å². The van der Waals surface area contributed by atoms with Crippen LogP contribution >= 0.6 is 0 Å². The number of ketones is 1. The molecular weight excluding hydrogens is 387 g/mol. The number of likely N-dealkylation sites (tertiary alicyclic amines) is 1. The minimum Gasteiger partial charge on any atom is -0.490 e. The number of alkyl halides is 3. The fourth-order valence-corrected chi connectivity index (χ4v) is 3.84. The molecule has 8 heteroatoms. The van der Waals surface area contributed by atoms with Crippen LogP contribution in [0.25, 0.3) is 0 Å². The highest BCUT2D eigenvalue weighted by Crippen LogP contribution is 2.31. The maximum atomic E-state index is 12.8. The van der Waals surface area contributed by atoms with Crippen molar-refractivity contribution in [3.05, 3.63) is 53.0 Å². The third-order valence-corrected chi connectivity index (χ3v) is 5.40. The maximum Gasteiger partial charge on any atom is 0.416 e. The van der Waals surface area contributed by atoms with Gasteiger partial charge in [0.1, 0.15) is 23.9 Å². The Morgan fingerprint density at radius 2 is 1.79 bits per heavy atom. The molecule has 1 amide bonds. The number of hydrogen-bond donors (Lipinski definition) is 0. The van der Waals surface area contributed by atoms with E-state index in [4.69, 9.17) is 9.15 Å². The summed E-state index contributed by atoms with van der Waals surface area (Å²) in [6.45, 7) is 0.885. The van der Waals surface area contributed by atoms with Crippen LogP contribution < -0.4 is 4.74 Å². The van der Waals surface area contributed by atoms with E-state index in [9.17, 15) is 22.8 Å². The molecule has 2 aromatic rings. The molecule has 1 saturated heterocycles. The summed E-state index contributed by atoms with van der Waals surface area (Å²) in [5, 5.41) is 0. The molecule has 0 spiro atoms. The van der Waals surface area contributed by atoms with Crippen molar-refractivity contribution in [2.75, 3.05) is 13.1 Å². The van der Waals surface area contributed by atoms with Crippen LogP contribution in [0, 0.1) is 0 Å². The first-order valence-electron chi connectivity index (χ1n) is 9.59. The zero-order chi connectivity index (χ0) is 20.6. The van der Waals surface area contributed by atoms with Gasteiger partial charge < -0.3 is 14.1 Å². The molecule has 1 fully saturated rings. The topological polar surface area (TPSA) is 59.8 Å². The SMILES string of the molecule is O=C1CCCc2occ(C(=O)N3CCC(Oc4ccc(C(F)(F)F)cc4)CC3)c21. The van der Waals surface area contributed by atoms with E-state index >= 15 is 0 Å². The number of hydrogen-bond acceptors (Lipinski definition) is 4. The molecule has 29 heavy (non-hydrogen) atoms. The van der Waals surface area contributed by atoms with E-state index in [0.717, 1.165) is 18.6 Å². The average molecular weight is 407 g/mol. The van der Waals surface area contributed by atoms with Crippen molar-refractivity contribution in [3.8, 4) is 5.75 Å². The highest BCUT2D eigenvalue weighted by Gasteiger charge is 2.33. The van der Waals surface area contributed by atoms with Crippen molar-refractivity contribution in [1.29, 1.82) is 0 Å². The van der Waals surface area contributed by atoms with Gasteiger partial charge in [0, 0.05) is 38.8 Å². The van der Waals surface area contributed by atoms with Gasteiger partial charge in [-0.2, -0.15) is 13.2 Å². The van der Waals surface area contributed by atoms with Crippen molar-refractivity contribution < 1.29 is 31.9 Å². The fraction of sp³-hybridized carbons (Fsp3) is 0.429. The number of carbonyl (C=O) groups excluding carboxylic acids is 2. The maximum absolute atomic E-state index is 12.8. The van der Waals surface area contributed by atoms with Crippen LogP contribution in [0.5, 0.6) is 5.75 Å². The molecule has 0 saturated carbocycles. The number of furan rings is 1. The van der Waals surface area contributed by atoms with E-state index in [2.05, 4.69) is 0 Å². The van der Waals surface area contributed by atoms with E-state index < -0.39 is 11.7 Å². The van der Waals surface area contributed by atoms with E-state index in [0.29, 0.717) is 61.4 Å². The molecule has 0 radical (unpaired) electrons. The minimum absolute atomic E-state index is 0.0520. The molecule has 1 aromatic carbocycles. The third kappa shape index (κ3) is 4.02. The first-order valence-corrected chi connectivity index (χ1v) is 9.59. The number of Topliss-reactive ketones (excluding diaryl/α,β-unsaturated/α-hetero) is 1. The molecule has 154 valence electrons.